The third kappa shape index (κ3) is 3.98. The molecule has 3 rings (SSSR count). The zero-order valence-corrected chi connectivity index (χ0v) is 15.2. The first-order valence-corrected chi connectivity index (χ1v) is 8.40. The molecule has 9 heteroatoms. The predicted octanol–water partition coefficient (Wildman–Crippen LogP) is 5.42. The summed E-state index contributed by atoms with van der Waals surface area (Å²) in [4.78, 5) is 12.3. The van der Waals surface area contributed by atoms with Crippen LogP contribution in [0.2, 0.25) is 15.1 Å². The molecule has 0 spiro atoms. The van der Waals surface area contributed by atoms with Crippen LogP contribution in [-0.2, 0) is 6.54 Å². The van der Waals surface area contributed by atoms with E-state index in [1.807, 2.05) is 0 Å². The molecule has 0 aliphatic rings. The van der Waals surface area contributed by atoms with E-state index in [4.69, 9.17) is 34.8 Å². The van der Waals surface area contributed by atoms with Gasteiger partial charge in [0.15, 0.2) is 11.6 Å². The molecule has 2 aromatic carbocycles. The Hall–Kier alpha value is -2.15. The molecule has 1 amide bonds. The van der Waals surface area contributed by atoms with Gasteiger partial charge in [0.2, 0.25) is 0 Å². The maximum Gasteiger partial charge on any atom is 0.258 e. The lowest BCUT2D eigenvalue weighted by molar-refractivity contribution is 0.102. The number of nitrogens with zero attached hydrogens (tertiary/aromatic N) is 2. The minimum atomic E-state index is -1.17. The maximum absolute atomic E-state index is 13.4. The number of hydrogen-bond acceptors (Lipinski definition) is 2. The monoisotopic (exact) mass is 415 g/mol. The summed E-state index contributed by atoms with van der Waals surface area (Å²) in [7, 11) is 0. The van der Waals surface area contributed by atoms with E-state index in [2.05, 4.69) is 10.4 Å². The highest BCUT2D eigenvalue weighted by atomic mass is 35.5. The van der Waals surface area contributed by atoms with Gasteiger partial charge in [-0.05, 0) is 29.8 Å². The standard InChI is InChI=1S/C17H10Cl3F2N3O/c18-10-2-1-9(12(19)5-10)8-25-16(3-4-23-25)24-17(26)11-6-14(21)15(22)7-13(11)20/h1-7H,8H2,(H,24,26). The Morgan fingerprint density at radius 2 is 1.77 bits per heavy atom. The number of carbonyl (C=O) groups excluding carboxylic acids is 1. The summed E-state index contributed by atoms with van der Waals surface area (Å²) < 4.78 is 28.0. The van der Waals surface area contributed by atoms with Crippen LogP contribution in [0.1, 0.15) is 15.9 Å². The van der Waals surface area contributed by atoms with Gasteiger partial charge in [-0.2, -0.15) is 5.10 Å². The van der Waals surface area contributed by atoms with E-state index in [-0.39, 0.29) is 17.1 Å². The van der Waals surface area contributed by atoms with Crippen LogP contribution in [0.15, 0.2) is 42.6 Å². The molecular formula is C17H10Cl3F2N3O. The van der Waals surface area contributed by atoms with Gasteiger partial charge in [0.25, 0.3) is 5.91 Å². The average Bonchev–Trinajstić information content (AvgIpc) is 3.00. The van der Waals surface area contributed by atoms with Crippen LogP contribution in [-0.4, -0.2) is 15.7 Å². The van der Waals surface area contributed by atoms with Gasteiger partial charge in [-0.15, -0.1) is 0 Å². The predicted molar refractivity (Wildman–Crippen MR) is 97.1 cm³/mol. The topological polar surface area (TPSA) is 46.9 Å². The Morgan fingerprint density at radius 1 is 1.04 bits per heavy atom. The lowest BCUT2D eigenvalue weighted by Crippen LogP contribution is -2.17. The van der Waals surface area contributed by atoms with E-state index in [9.17, 15) is 13.6 Å². The molecule has 1 heterocycles. The van der Waals surface area contributed by atoms with Gasteiger partial charge < -0.3 is 5.32 Å². The highest BCUT2D eigenvalue weighted by Gasteiger charge is 2.17. The summed E-state index contributed by atoms with van der Waals surface area (Å²) in [6, 6.07) is 8.06. The maximum atomic E-state index is 13.4. The molecule has 0 fully saturated rings. The minimum Gasteiger partial charge on any atom is -0.307 e. The van der Waals surface area contributed by atoms with Crippen LogP contribution in [0.25, 0.3) is 0 Å². The zero-order valence-electron chi connectivity index (χ0n) is 12.9. The Labute approximate surface area is 162 Å². The summed E-state index contributed by atoms with van der Waals surface area (Å²) in [5.41, 5.74) is 0.545. The van der Waals surface area contributed by atoms with Crippen LogP contribution in [0, 0.1) is 11.6 Å². The lowest BCUT2D eigenvalue weighted by atomic mass is 10.2. The number of nitrogens with one attached hydrogen (secondary N) is 1. The second-order valence-corrected chi connectivity index (χ2v) is 6.56. The molecule has 0 saturated heterocycles. The van der Waals surface area contributed by atoms with Gasteiger partial charge >= 0.3 is 0 Å². The number of aromatic nitrogens is 2. The number of halogens is 5. The first-order valence-electron chi connectivity index (χ1n) is 7.27. The van der Waals surface area contributed by atoms with Gasteiger partial charge in [-0.3, -0.25) is 4.79 Å². The number of hydrogen-bond donors (Lipinski definition) is 1. The van der Waals surface area contributed by atoms with Crippen molar-refractivity contribution in [1.29, 1.82) is 0 Å². The highest BCUT2D eigenvalue weighted by Crippen LogP contribution is 2.24. The van der Waals surface area contributed by atoms with E-state index in [0.717, 1.165) is 17.7 Å². The second-order valence-electron chi connectivity index (χ2n) is 5.31. The van der Waals surface area contributed by atoms with Crippen molar-refractivity contribution in [2.24, 2.45) is 0 Å². The summed E-state index contributed by atoms with van der Waals surface area (Å²) >= 11 is 17.8. The SMILES string of the molecule is O=C(Nc1ccnn1Cc1ccc(Cl)cc1Cl)c1cc(F)c(F)cc1Cl. The minimum absolute atomic E-state index is 0.192. The van der Waals surface area contributed by atoms with Gasteiger partial charge in [0.05, 0.1) is 23.3 Å². The number of carbonyl (C=O) groups is 1. The fourth-order valence-corrected chi connectivity index (χ4v) is 2.96. The molecule has 0 saturated carbocycles. The van der Waals surface area contributed by atoms with Crippen molar-refractivity contribution in [1.82, 2.24) is 9.78 Å². The Kier molecular flexibility index (Phi) is 5.46. The van der Waals surface area contributed by atoms with E-state index >= 15 is 0 Å². The Bertz CT molecular complexity index is 991. The molecule has 0 aliphatic heterocycles. The summed E-state index contributed by atoms with van der Waals surface area (Å²) in [6.45, 7) is 0.268. The van der Waals surface area contributed by atoms with Gasteiger partial charge in [0, 0.05) is 16.1 Å². The summed E-state index contributed by atoms with van der Waals surface area (Å²) in [5.74, 6) is -2.66. The fraction of sp³-hybridized carbons (Fsp3) is 0.0588. The van der Waals surface area contributed by atoms with E-state index < -0.39 is 17.5 Å². The highest BCUT2D eigenvalue weighted by molar-refractivity contribution is 6.35. The zero-order chi connectivity index (χ0) is 18.8. The van der Waals surface area contributed by atoms with Crippen molar-refractivity contribution in [2.75, 3.05) is 5.32 Å². The molecule has 1 N–H and O–H groups in total. The average molecular weight is 417 g/mol. The molecule has 0 bridgehead atoms. The Morgan fingerprint density at radius 3 is 2.50 bits per heavy atom. The molecule has 0 unspecified atom stereocenters. The van der Waals surface area contributed by atoms with Crippen molar-refractivity contribution in [3.63, 3.8) is 0 Å². The normalized spacial score (nSPS) is 10.8. The van der Waals surface area contributed by atoms with E-state index in [0.29, 0.717) is 15.9 Å². The van der Waals surface area contributed by atoms with Crippen molar-refractivity contribution in [2.45, 2.75) is 6.54 Å². The summed E-state index contributed by atoms with van der Waals surface area (Å²) in [6.07, 6.45) is 1.48. The van der Waals surface area contributed by atoms with Crippen molar-refractivity contribution >= 4 is 46.5 Å². The van der Waals surface area contributed by atoms with Gasteiger partial charge in [-0.25, -0.2) is 13.5 Å². The van der Waals surface area contributed by atoms with Gasteiger partial charge in [0.1, 0.15) is 5.82 Å². The number of benzene rings is 2. The molecule has 26 heavy (non-hydrogen) atoms. The van der Waals surface area contributed by atoms with E-state index in [1.54, 1.807) is 24.3 Å². The number of rotatable bonds is 4. The van der Waals surface area contributed by atoms with Crippen molar-refractivity contribution in [3.8, 4) is 0 Å². The van der Waals surface area contributed by atoms with Crippen LogP contribution >= 0.6 is 34.8 Å². The second kappa shape index (κ2) is 7.61. The van der Waals surface area contributed by atoms with E-state index in [1.165, 1.54) is 10.9 Å². The lowest BCUT2D eigenvalue weighted by Gasteiger charge is -2.11. The quantitative estimate of drug-likeness (QED) is 0.577. The number of amides is 1. The van der Waals surface area contributed by atoms with Crippen molar-refractivity contribution < 1.29 is 13.6 Å². The summed E-state index contributed by atoms with van der Waals surface area (Å²) in [5, 5.41) is 7.44. The number of anilines is 1. The van der Waals surface area contributed by atoms with Crippen LogP contribution in [0.5, 0.6) is 0 Å². The smallest absolute Gasteiger partial charge is 0.258 e. The molecule has 0 aliphatic carbocycles. The first-order chi connectivity index (χ1) is 12.3. The van der Waals surface area contributed by atoms with Crippen LogP contribution in [0.4, 0.5) is 14.6 Å². The molecule has 0 atom stereocenters. The third-order valence-electron chi connectivity index (χ3n) is 3.55. The van der Waals surface area contributed by atoms with Crippen LogP contribution < -0.4 is 5.32 Å². The fourth-order valence-electron chi connectivity index (χ4n) is 2.26. The third-order valence-corrected chi connectivity index (χ3v) is 4.45. The largest absolute Gasteiger partial charge is 0.307 e. The molecule has 134 valence electrons. The molecule has 3 aromatic rings. The van der Waals surface area contributed by atoms with Gasteiger partial charge in [-0.1, -0.05) is 40.9 Å². The Balaban J connectivity index is 1.83. The molecule has 1 aromatic heterocycles. The van der Waals surface area contributed by atoms with Crippen molar-refractivity contribution in [3.05, 3.63) is 80.4 Å². The molecular weight excluding hydrogens is 407 g/mol. The molecule has 4 nitrogen and oxygen atoms in total. The first kappa shape index (κ1) is 18.6. The molecule has 0 radical (unpaired) electrons. The van der Waals surface area contributed by atoms with Crippen LogP contribution in [0.3, 0.4) is 0 Å².